The van der Waals surface area contributed by atoms with Crippen LogP contribution in [0.2, 0.25) is 0 Å². The van der Waals surface area contributed by atoms with Gasteiger partial charge in [0.1, 0.15) is 11.5 Å². The Bertz CT molecular complexity index is 568. The van der Waals surface area contributed by atoms with Crippen LogP contribution in [-0.4, -0.2) is 4.98 Å². The minimum Gasteiger partial charge on any atom is -0.467 e. The van der Waals surface area contributed by atoms with Gasteiger partial charge < -0.3 is 4.42 Å². The molecule has 1 aromatic rings. The van der Waals surface area contributed by atoms with E-state index in [9.17, 15) is 0 Å². The third kappa shape index (κ3) is 0.880. The van der Waals surface area contributed by atoms with Crippen molar-refractivity contribution in [1.82, 2.24) is 4.98 Å². The van der Waals surface area contributed by atoms with Crippen LogP contribution in [0.25, 0.3) is 22.2 Å². The molecule has 0 radical (unpaired) electrons. The van der Waals surface area contributed by atoms with Crippen molar-refractivity contribution < 1.29 is 4.42 Å². The van der Waals surface area contributed by atoms with Crippen molar-refractivity contribution in [3.05, 3.63) is 42.4 Å². The molecule has 0 amide bonds. The molecule has 0 aromatic heterocycles. The molecule has 0 saturated carbocycles. The van der Waals surface area contributed by atoms with Gasteiger partial charge in [-0.3, -0.25) is 0 Å². The van der Waals surface area contributed by atoms with Crippen LogP contribution >= 0.6 is 0 Å². The lowest BCUT2D eigenvalue weighted by Gasteiger charge is -1.98. The second-order valence-electron chi connectivity index (χ2n) is 3.37. The Labute approximate surface area is 81.5 Å². The SMILES string of the molecule is Cc1occc2c3ccccc3nc1-2. The fraction of sp³-hybridized carbons (Fsp3) is 0.0833. The molecule has 2 nitrogen and oxygen atoms in total. The van der Waals surface area contributed by atoms with Gasteiger partial charge in [-0.1, -0.05) is 18.2 Å². The van der Waals surface area contributed by atoms with Gasteiger partial charge in [0, 0.05) is 10.9 Å². The van der Waals surface area contributed by atoms with Crippen molar-refractivity contribution >= 4 is 10.9 Å². The van der Waals surface area contributed by atoms with Gasteiger partial charge in [-0.2, -0.15) is 0 Å². The molecule has 2 heterocycles. The molecule has 2 aliphatic rings. The molecule has 0 fully saturated rings. The third-order valence-corrected chi connectivity index (χ3v) is 2.49. The first-order valence-corrected chi connectivity index (χ1v) is 4.59. The van der Waals surface area contributed by atoms with Gasteiger partial charge >= 0.3 is 0 Å². The number of hydrogen-bond donors (Lipinski definition) is 0. The average molecular weight is 183 g/mol. The number of rotatable bonds is 0. The van der Waals surface area contributed by atoms with Crippen molar-refractivity contribution in [3.63, 3.8) is 0 Å². The number of benzene rings is 1. The fourth-order valence-corrected chi connectivity index (χ4v) is 1.80. The Hall–Kier alpha value is -1.83. The van der Waals surface area contributed by atoms with Gasteiger partial charge in [-0.25, -0.2) is 4.98 Å². The van der Waals surface area contributed by atoms with Crippen LogP contribution in [-0.2, 0) is 0 Å². The van der Waals surface area contributed by atoms with Gasteiger partial charge in [-0.15, -0.1) is 0 Å². The maximum atomic E-state index is 5.31. The van der Waals surface area contributed by atoms with Crippen molar-refractivity contribution in [2.45, 2.75) is 6.92 Å². The normalized spacial score (nSPS) is 11.2. The Balaban J connectivity index is 2.55. The van der Waals surface area contributed by atoms with E-state index in [2.05, 4.69) is 11.1 Å². The molecule has 68 valence electrons. The second kappa shape index (κ2) is 2.58. The van der Waals surface area contributed by atoms with Crippen LogP contribution in [0.5, 0.6) is 0 Å². The molecule has 2 heteroatoms. The van der Waals surface area contributed by atoms with E-state index in [4.69, 9.17) is 4.42 Å². The molecule has 1 aromatic carbocycles. The first-order chi connectivity index (χ1) is 6.86. The van der Waals surface area contributed by atoms with Crippen molar-refractivity contribution in [2.75, 3.05) is 0 Å². The van der Waals surface area contributed by atoms with Crippen LogP contribution in [0.15, 0.2) is 41.0 Å². The van der Waals surface area contributed by atoms with Crippen LogP contribution in [0.3, 0.4) is 0 Å². The maximum absolute atomic E-state index is 5.31. The van der Waals surface area contributed by atoms with Gasteiger partial charge in [-0.05, 0) is 19.1 Å². The zero-order valence-electron chi connectivity index (χ0n) is 7.82. The van der Waals surface area contributed by atoms with Crippen LogP contribution in [0.4, 0.5) is 0 Å². The van der Waals surface area contributed by atoms with E-state index in [0.717, 1.165) is 17.0 Å². The molecule has 0 unspecified atom stereocenters. The van der Waals surface area contributed by atoms with Crippen LogP contribution < -0.4 is 0 Å². The number of hydrogen-bond acceptors (Lipinski definition) is 2. The largest absolute Gasteiger partial charge is 0.467 e. The molecular weight excluding hydrogens is 174 g/mol. The summed E-state index contributed by atoms with van der Waals surface area (Å²) < 4.78 is 5.31. The Morgan fingerprint density at radius 3 is 2.93 bits per heavy atom. The molecule has 3 rings (SSSR count). The van der Waals surface area contributed by atoms with Crippen molar-refractivity contribution in [1.29, 1.82) is 0 Å². The highest BCUT2D eigenvalue weighted by molar-refractivity contribution is 5.97. The van der Waals surface area contributed by atoms with E-state index in [-0.39, 0.29) is 0 Å². The smallest absolute Gasteiger partial charge is 0.126 e. The summed E-state index contributed by atoms with van der Waals surface area (Å²) in [5.41, 5.74) is 3.17. The molecule has 0 N–H and O–H groups in total. The van der Waals surface area contributed by atoms with Crippen molar-refractivity contribution in [3.8, 4) is 11.3 Å². The van der Waals surface area contributed by atoms with Gasteiger partial charge in [0.05, 0.1) is 11.8 Å². The first kappa shape index (κ1) is 7.56. The summed E-state index contributed by atoms with van der Waals surface area (Å²) in [6.45, 7) is 1.94. The van der Waals surface area contributed by atoms with Crippen molar-refractivity contribution in [2.24, 2.45) is 0 Å². The van der Waals surface area contributed by atoms with Crippen LogP contribution in [0, 0.1) is 6.92 Å². The monoisotopic (exact) mass is 183 g/mol. The zero-order valence-corrected chi connectivity index (χ0v) is 7.82. The number of para-hydroxylation sites is 1. The molecule has 0 spiro atoms. The van der Waals surface area contributed by atoms with Crippen LogP contribution in [0.1, 0.15) is 5.76 Å². The summed E-state index contributed by atoms with van der Waals surface area (Å²) in [7, 11) is 0. The van der Waals surface area contributed by atoms with E-state index in [1.54, 1.807) is 6.26 Å². The highest BCUT2D eigenvalue weighted by Gasteiger charge is 2.13. The molecule has 0 bridgehead atoms. The summed E-state index contributed by atoms with van der Waals surface area (Å²) in [5.74, 6) is 0.874. The van der Waals surface area contributed by atoms with Gasteiger partial charge in [0.25, 0.3) is 0 Å². The minimum absolute atomic E-state index is 0.874. The molecule has 0 saturated heterocycles. The van der Waals surface area contributed by atoms with Gasteiger partial charge in [0.2, 0.25) is 0 Å². The predicted octanol–water partition coefficient (Wildman–Crippen LogP) is 3.24. The summed E-state index contributed by atoms with van der Waals surface area (Å²) in [5, 5.41) is 1.20. The number of fused-ring (bicyclic) bond motifs is 3. The summed E-state index contributed by atoms with van der Waals surface area (Å²) in [6, 6.07) is 10.1. The van der Waals surface area contributed by atoms with E-state index in [1.165, 1.54) is 10.9 Å². The maximum Gasteiger partial charge on any atom is 0.126 e. The summed E-state index contributed by atoms with van der Waals surface area (Å²) in [6.07, 6.45) is 1.71. The average Bonchev–Trinajstić information content (AvgIpc) is 2.59. The highest BCUT2D eigenvalue weighted by atomic mass is 16.3. The highest BCUT2D eigenvalue weighted by Crippen LogP contribution is 2.32. The number of aromatic nitrogens is 1. The summed E-state index contributed by atoms with van der Waals surface area (Å²) >= 11 is 0. The topological polar surface area (TPSA) is 26.0 Å². The Morgan fingerprint density at radius 2 is 2.00 bits per heavy atom. The third-order valence-electron chi connectivity index (χ3n) is 2.49. The van der Waals surface area contributed by atoms with E-state index in [0.29, 0.717) is 0 Å². The fourth-order valence-electron chi connectivity index (χ4n) is 1.80. The van der Waals surface area contributed by atoms with E-state index in [1.807, 2.05) is 31.2 Å². The van der Waals surface area contributed by atoms with Gasteiger partial charge in [0.15, 0.2) is 0 Å². The Morgan fingerprint density at radius 1 is 1.14 bits per heavy atom. The quantitative estimate of drug-likeness (QED) is 0.534. The lowest BCUT2D eigenvalue weighted by atomic mass is 10.1. The Kier molecular flexibility index (Phi) is 1.39. The molecule has 2 aliphatic heterocycles. The lowest BCUT2D eigenvalue weighted by molar-refractivity contribution is 0.517. The standard InChI is InChI=1S/C12H9NO/c1-8-12-10(6-7-14-8)9-4-2-3-5-11(9)13-12/h2-7H,1H3. The predicted molar refractivity (Wildman–Crippen MR) is 55.4 cm³/mol. The number of nitrogens with zero attached hydrogens (tertiary/aromatic N) is 1. The van der Waals surface area contributed by atoms with E-state index < -0.39 is 0 Å². The number of aryl methyl sites for hydroxylation is 1. The second-order valence-corrected chi connectivity index (χ2v) is 3.37. The molecule has 0 atom stereocenters. The lowest BCUT2D eigenvalue weighted by Crippen LogP contribution is -1.80. The first-order valence-electron chi connectivity index (χ1n) is 4.59. The van der Waals surface area contributed by atoms with E-state index >= 15 is 0 Å². The zero-order chi connectivity index (χ0) is 9.54. The summed E-state index contributed by atoms with van der Waals surface area (Å²) in [4.78, 5) is 4.52. The molecular formula is C12H9NO. The molecule has 14 heavy (non-hydrogen) atoms. The minimum atomic E-state index is 0.874. The molecule has 0 aliphatic carbocycles.